The highest BCUT2D eigenvalue weighted by molar-refractivity contribution is 9.10. The van der Waals surface area contributed by atoms with Gasteiger partial charge in [0.15, 0.2) is 0 Å². The van der Waals surface area contributed by atoms with Gasteiger partial charge in [-0.05, 0) is 44.4 Å². The van der Waals surface area contributed by atoms with Crippen LogP contribution in [-0.2, 0) is 9.05 Å². The highest BCUT2D eigenvalue weighted by Crippen LogP contribution is 2.31. The second-order valence-electron chi connectivity index (χ2n) is 4.98. The fourth-order valence-electron chi connectivity index (χ4n) is 2.01. The number of carbonyl (C=O) groups is 1. The van der Waals surface area contributed by atoms with Gasteiger partial charge in [0.1, 0.15) is 0 Å². The molecular weight excluding hydrogens is 354 g/mol. The average Bonchev–Trinajstić information content (AvgIpc) is 2.24. The minimum absolute atomic E-state index is 0.0903. The van der Waals surface area contributed by atoms with Crippen molar-refractivity contribution >= 4 is 41.6 Å². The lowest BCUT2D eigenvalue weighted by Crippen LogP contribution is -2.50. The van der Waals surface area contributed by atoms with Crippen LogP contribution >= 0.6 is 26.6 Å². The van der Waals surface area contributed by atoms with Gasteiger partial charge >= 0.3 is 0 Å². The Morgan fingerprint density at radius 1 is 1.37 bits per heavy atom. The molecule has 1 saturated carbocycles. The van der Waals surface area contributed by atoms with Crippen molar-refractivity contribution in [2.24, 2.45) is 0 Å². The zero-order valence-electron chi connectivity index (χ0n) is 10.2. The Morgan fingerprint density at radius 2 is 2.00 bits per heavy atom. The standard InChI is InChI=1S/C12H13BrClNO3S/c1-12(3-2-4-12)15-11(16)8-5-9(13)7-10(6-8)19(14,17)18/h5-7H,2-4H2,1H3,(H,15,16). The molecule has 0 radical (unpaired) electrons. The Hall–Kier alpha value is -0.590. The summed E-state index contributed by atoms with van der Waals surface area (Å²) in [5.74, 6) is -0.287. The van der Waals surface area contributed by atoms with Crippen LogP contribution in [0.15, 0.2) is 27.6 Å². The minimum Gasteiger partial charge on any atom is -0.347 e. The first-order valence-corrected chi connectivity index (χ1v) is 8.88. The zero-order valence-corrected chi connectivity index (χ0v) is 13.4. The topological polar surface area (TPSA) is 63.2 Å². The molecule has 0 saturated heterocycles. The summed E-state index contributed by atoms with van der Waals surface area (Å²) in [5, 5.41) is 2.92. The van der Waals surface area contributed by atoms with Crippen molar-refractivity contribution in [1.29, 1.82) is 0 Å². The summed E-state index contributed by atoms with van der Waals surface area (Å²) < 4.78 is 23.1. The number of benzene rings is 1. The van der Waals surface area contributed by atoms with Crippen molar-refractivity contribution in [3.05, 3.63) is 28.2 Å². The normalized spacial score (nSPS) is 17.6. The number of hydrogen-bond acceptors (Lipinski definition) is 3. The van der Waals surface area contributed by atoms with E-state index in [0.717, 1.165) is 19.3 Å². The molecule has 1 N–H and O–H groups in total. The number of hydrogen-bond donors (Lipinski definition) is 1. The molecule has 0 aliphatic heterocycles. The molecule has 0 atom stereocenters. The number of carbonyl (C=O) groups excluding carboxylic acids is 1. The lowest BCUT2D eigenvalue weighted by Gasteiger charge is -2.39. The summed E-state index contributed by atoms with van der Waals surface area (Å²) in [6, 6.07) is 4.22. The monoisotopic (exact) mass is 365 g/mol. The lowest BCUT2D eigenvalue weighted by molar-refractivity contribution is 0.0850. The number of rotatable bonds is 3. The van der Waals surface area contributed by atoms with E-state index in [2.05, 4.69) is 21.2 Å². The van der Waals surface area contributed by atoms with E-state index in [0.29, 0.717) is 4.47 Å². The van der Waals surface area contributed by atoms with E-state index in [4.69, 9.17) is 10.7 Å². The van der Waals surface area contributed by atoms with Gasteiger partial charge in [-0.1, -0.05) is 15.9 Å². The second-order valence-corrected chi connectivity index (χ2v) is 8.46. The Labute approximate surface area is 125 Å². The second kappa shape index (κ2) is 5.07. The van der Waals surface area contributed by atoms with Crippen LogP contribution in [0.4, 0.5) is 0 Å². The molecule has 1 aromatic carbocycles. The molecule has 1 aliphatic rings. The van der Waals surface area contributed by atoms with Gasteiger partial charge in [0, 0.05) is 26.3 Å². The van der Waals surface area contributed by atoms with Crippen LogP contribution in [0.2, 0.25) is 0 Å². The van der Waals surface area contributed by atoms with Gasteiger partial charge in [0.05, 0.1) is 4.90 Å². The molecule has 0 spiro atoms. The highest BCUT2D eigenvalue weighted by atomic mass is 79.9. The molecular formula is C12H13BrClNO3S. The Kier molecular flexibility index (Phi) is 3.95. The third-order valence-electron chi connectivity index (χ3n) is 3.29. The molecule has 4 nitrogen and oxygen atoms in total. The molecule has 0 aromatic heterocycles. The minimum atomic E-state index is -3.85. The Balaban J connectivity index is 2.29. The molecule has 0 bridgehead atoms. The van der Waals surface area contributed by atoms with Crippen LogP contribution in [0, 0.1) is 0 Å². The third-order valence-corrected chi connectivity index (χ3v) is 5.08. The van der Waals surface area contributed by atoms with Crippen LogP contribution in [0.1, 0.15) is 36.5 Å². The van der Waals surface area contributed by atoms with Crippen molar-refractivity contribution in [2.75, 3.05) is 0 Å². The molecule has 104 valence electrons. The molecule has 7 heteroatoms. The van der Waals surface area contributed by atoms with Crippen molar-refractivity contribution in [2.45, 2.75) is 36.6 Å². The van der Waals surface area contributed by atoms with Gasteiger partial charge in [0.25, 0.3) is 15.0 Å². The number of amides is 1. The summed E-state index contributed by atoms with van der Waals surface area (Å²) in [6.45, 7) is 1.98. The largest absolute Gasteiger partial charge is 0.347 e. The molecule has 0 unspecified atom stereocenters. The van der Waals surface area contributed by atoms with Gasteiger partial charge < -0.3 is 5.32 Å². The van der Waals surface area contributed by atoms with Gasteiger partial charge in [-0.3, -0.25) is 4.79 Å². The smallest absolute Gasteiger partial charge is 0.261 e. The summed E-state index contributed by atoms with van der Waals surface area (Å²) in [4.78, 5) is 12.0. The van der Waals surface area contributed by atoms with E-state index in [1.807, 2.05) is 6.92 Å². The summed E-state index contributed by atoms with van der Waals surface area (Å²) >= 11 is 3.18. The molecule has 1 aliphatic carbocycles. The third kappa shape index (κ3) is 3.49. The first-order valence-electron chi connectivity index (χ1n) is 5.77. The summed E-state index contributed by atoms with van der Waals surface area (Å²) in [6.07, 6.45) is 2.97. The molecule has 1 fully saturated rings. The SMILES string of the molecule is CC1(NC(=O)c2cc(Br)cc(S(=O)(=O)Cl)c2)CCC1. The number of halogens is 2. The van der Waals surface area contributed by atoms with E-state index in [1.54, 1.807) is 6.07 Å². The van der Waals surface area contributed by atoms with E-state index in [-0.39, 0.29) is 21.9 Å². The zero-order chi connectivity index (χ0) is 14.3. The van der Waals surface area contributed by atoms with Crippen molar-refractivity contribution in [1.82, 2.24) is 5.32 Å². The maximum Gasteiger partial charge on any atom is 0.261 e. The molecule has 1 amide bonds. The van der Waals surface area contributed by atoms with Crippen molar-refractivity contribution in [3.8, 4) is 0 Å². The van der Waals surface area contributed by atoms with Gasteiger partial charge in [-0.2, -0.15) is 0 Å². The predicted octanol–water partition coefficient (Wildman–Crippen LogP) is 3.05. The number of nitrogens with one attached hydrogen (secondary N) is 1. The van der Waals surface area contributed by atoms with Crippen LogP contribution in [0.25, 0.3) is 0 Å². The van der Waals surface area contributed by atoms with Crippen LogP contribution < -0.4 is 5.32 Å². The van der Waals surface area contributed by atoms with E-state index >= 15 is 0 Å². The van der Waals surface area contributed by atoms with E-state index in [9.17, 15) is 13.2 Å². The molecule has 0 heterocycles. The maximum absolute atomic E-state index is 12.1. The quantitative estimate of drug-likeness (QED) is 0.836. The summed E-state index contributed by atoms with van der Waals surface area (Å²) in [7, 11) is 1.44. The maximum atomic E-state index is 12.1. The molecule has 19 heavy (non-hydrogen) atoms. The molecule has 1 aromatic rings. The van der Waals surface area contributed by atoms with E-state index in [1.165, 1.54) is 12.1 Å². The average molecular weight is 367 g/mol. The predicted molar refractivity (Wildman–Crippen MR) is 76.9 cm³/mol. The first-order chi connectivity index (χ1) is 8.70. The van der Waals surface area contributed by atoms with Crippen LogP contribution in [0.5, 0.6) is 0 Å². The van der Waals surface area contributed by atoms with Gasteiger partial charge in [-0.15, -0.1) is 0 Å². The van der Waals surface area contributed by atoms with E-state index < -0.39 is 9.05 Å². The first kappa shape index (κ1) is 14.8. The van der Waals surface area contributed by atoms with Gasteiger partial charge in [0.2, 0.25) is 0 Å². The van der Waals surface area contributed by atoms with Crippen molar-refractivity contribution < 1.29 is 13.2 Å². The molecule has 2 rings (SSSR count). The fraction of sp³-hybridized carbons (Fsp3) is 0.417. The fourth-order valence-corrected chi connectivity index (χ4v) is 3.46. The highest BCUT2D eigenvalue weighted by Gasteiger charge is 2.33. The summed E-state index contributed by atoms with van der Waals surface area (Å²) in [5.41, 5.74) is 0.0982. The Morgan fingerprint density at radius 3 is 2.47 bits per heavy atom. The Bertz CT molecular complexity index is 626. The van der Waals surface area contributed by atoms with Crippen molar-refractivity contribution in [3.63, 3.8) is 0 Å². The van der Waals surface area contributed by atoms with Crippen LogP contribution in [0.3, 0.4) is 0 Å². The van der Waals surface area contributed by atoms with Crippen LogP contribution in [-0.4, -0.2) is 19.9 Å². The van der Waals surface area contributed by atoms with Gasteiger partial charge in [-0.25, -0.2) is 8.42 Å². The lowest BCUT2D eigenvalue weighted by atomic mass is 9.78.